The van der Waals surface area contributed by atoms with Crippen molar-refractivity contribution in [3.05, 3.63) is 53.6 Å². The van der Waals surface area contributed by atoms with Crippen molar-refractivity contribution >= 4 is 17.1 Å². The van der Waals surface area contributed by atoms with E-state index >= 15 is 0 Å². The summed E-state index contributed by atoms with van der Waals surface area (Å²) in [5, 5.41) is 2.89. The molecule has 0 bridgehead atoms. The molecule has 0 aromatic heterocycles. The summed E-state index contributed by atoms with van der Waals surface area (Å²) in [5.74, 6) is -0.739. The second-order valence-corrected chi connectivity index (χ2v) is 3.87. The topological polar surface area (TPSA) is 38.0 Å². The summed E-state index contributed by atoms with van der Waals surface area (Å²) in [6.45, 7) is 1.78. The van der Waals surface area contributed by atoms with Crippen LogP contribution in [0.2, 0.25) is 0 Å². The summed E-state index contributed by atoms with van der Waals surface area (Å²) in [6, 6.07) is 8.52. The van der Waals surface area contributed by atoms with Crippen LogP contribution in [0.3, 0.4) is 0 Å². The molecule has 88 valence electrons. The Morgan fingerprint density at radius 3 is 2.47 bits per heavy atom. The molecule has 0 spiro atoms. The van der Waals surface area contributed by atoms with Gasteiger partial charge in [0.2, 0.25) is 0 Å². The van der Waals surface area contributed by atoms with Gasteiger partial charge in [-0.15, -0.1) is 0 Å². The van der Waals surface area contributed by atoms with Gasteiger partial charge in [-0.25, -0.2) is 8.78 Å². The summed E-state index contributed by atoms with van der Waals surface area (Å²) in [6.07, 6.45) is 0. The molecule has 0 fully saturated rings. The molecule has 0 atom stereocenters. The van der Waals surface area contributed by atoms with Crippen LogP contribution in [0.25, 0.3) is 0 Å². The summed E-state index contributed by atoms with van der Waals surface area (Å²) in [4.78, 5) is 0. The molecule has 2 nitrogen and oxygen atoms in total. The minimum Gasteiger partial charge on any atom is -0.397 e. The average molecular weight is 234 g/mol. The third-order valence-corrected chi connectivity index (χ3v) is 2.34. The lowest BCUT2D eigenvalue weighted by Crippen LogP contribution is -1.97. The van der Waals surface area contributed by atoms with Crippen molar-refractivity contribution in [3.63, 3.8) is 0 Å². The number of hydrogen-bond donors (Lipinski definition) is 2. The fourth-order valence-electron chi connectivity index (χ4n) is 1.60. The highest BCUT2D eigenvalue weighted by atomic mass is 19.1. The zero-order chi connectivity index (χ0) is 12.4. The van der Waals surface area contributed by atoms with E-state index in [1.54, 1.807) is 13.0 Å². The van der Waals surface area contributed by atoms with Gasteiger partial charge < -0.3 is 11.1 Å². The SMILES string of the molecule is Cc1cc(F)cc(Nc2cc(F)ccc2N)c1. The number of nitrogen functional groups attached to an aromatic ring is 1. The van der Waals surface area contributed by atoms with Crippen molar-refractivity contribution in [2.45, 2.75) is 6.92 Å². The molecular formula is C13H12F2N2. The van der Waals surface area contributed by atoms with E-state index in [1.165, 1.54) is 30.3 Å². The summed E-state index contributed by atoms with van der Waals surface area (Å²) in [5.41, 5.74) is 7.85. The normalized spacial score (nSPS) is 10.3. The first-order valence-corrected chi connectivity index (χ1v) is 5.14. The lowest BCUT2D eigenvalue weighted by Gasteiger charge is -2.10. The minimum atomic E-state index is -0.394. The number of nitrogens with two attached hydrogens (primary N) is 1. The molecule has 17 heavy (non-hydrogen) atoms. The van der Waals surface area contributed by atoms with Gasteiger partial charge in [0.25, 0.3) is 0 Å². The number of benzene rings is 2. The zero-order valence-corrected chi connectivity index (χ0v) is 9.30. The van der Waals surface area contributed by atoms with Crippen LogP contribution in [0.4, 0.5) is 25.8 Å². The Balaban J connectivity index is 2.34. The van der Waals surface area contributed by atoms with Crippen LogP contribution in [0, 0.1) is 18.6 Å². The van der Waals surface area contributed by atoms with E-state index in [9.17, 15) is 8.78 Å². The molecule has 2 aromatic carbocycles. The molecule has 0 unspecified atom stereocenters. The van der Waals surface area contributed by atoms with Gasteiger partial charge in [-0.1, -0.05) is 0 Å². The van der Waals surface area contributed by atoms with Crippen molar-refractivity contribution in [2.75, 3.05) is 11.1 Å². The van der Waals surface area contributed by atoms with E-state index < -0.39 is 5.82 Å². The fourth-order valence-corrected chi connectivity index (χ4v) is 1.60. The molecule has 0 amide bonds. The maximum absolute atomic E-state index is 13.2. The first-order chi connectivity index (χ1) is 8.04. The quantitative estimate of drug-likeness (QED) is 0.779. The van der Waals surface area contributed by atoms with Gasteiger partial charge in [0, 0.05) is 5.69 Å². The van der Waals surface area contributed by atoms with E-state index in [0.717, 1.165) is 5.56 Å². The number of rotatable bonds is 2. The maximum atomic E-state index is 13.2. The predicted octanol–water partition coefficient (Wildman–Crippen LogP) is 3.60. The highest BCUT2D eigenvalue weighted by Crippen LogP contribution is 2.25. The van der Waals surface area contributed by atoms with Gasteiger partial charge in [0.1, 0.15) is 11.6 Å². The van der Waals surface area contributed by atoms with Crippen LogP contribution in [0.15, 0.2) is 36.4 Å². The predicted molar refractivity (Wildman–Crippen MR) is 65.2 cm³/mol. The summed E-state index contributed by atoms with van der Waals surface area (Å²) in [7, 11) is 0. The molecule has 2 rings (SSSR count). The van der Waals surface area contributed by atoms with Crippen LogP contribution in [0.1, 0.15) is 5.56 Å². The van der Waals surface area contributed by atoms with Crippen LogP contribution in [0.5, 0.6) is 0 Å². The van der Waals surface area contributed by atoms with Gasteiger partial charge >= 0.3 is 0 Å². The Bertz CT molecular complexity index is 533. The molecule has 3 N–H and O–H groups in total. The summed E-state index contributed by atoms with van der Waals surface area (Å²) < 4.78 is 26.2. The second kappa shape index (κ2) is 4.41. The number of aryl methyl sites for hydroxylation is 1. The Morgan fingerprint density at radius 2 is 1.76 bits per heavy atom. The third kappa shape index (κ3) is 2.72. The lowest BCUT2D eigenvalue weighted by molar-refractivity contribution is 0.627. The van der Waals surface area contributed by atoms with E-state index in [2.05, 4.69) is 5.32 Å². The van der Waals surface area contributed by atoms with E-state index in [-0.39, 0.29) is 5.82 Å². The van der Waals surface area contributed by atoms with Gasteiger partial charge in [-0.2, -0.15) is 0 Å². The van der Waals surface area contributed by atoms with Crippen LogP contribution >= 0.6 is 0 Å². The fraction of sp³-hybridized carbons (Fsp3) is 0.0769. The molecule has 0 aliphatic carbocycles. The van der Waals surface area contributed by atoms with Gasteiger partial charge in [0.15, 0.2) is 0 Å². The largest absolute Gasteiger partial charge is 0.397 e. The Labute approximate surface area is 98.1 Å². The van der Waals surface area contributed by atoms with Crippen LogP contribution in [-0.4, -0.2) is 0 Å². The number of nitrogens with one attached hydrogen (secondary N) is 1. The number of anilines is 3. The molecule has 0 aliphatic rings. The van der Waals surface area contributed by atoms with Gasteiger partial charge in [-0.3, -0.25) is 0 Å². The molecule has 0 heterocycles. The van der Waals surface area contributed by atoms with E-state index in [4.69, 9.17) is 5.73 Å². The highest BCUT2D eigenvalue weighted by Gasteiger charge is 2.03. The Morgan fingerprint density at radius 1 is 1.00 bits per heavy atom. The van der Waals surface area contributed by atoms with E-state index in [1.807, 2.05) is 0 Å². The first kappa shape index (κ1) is 11.4. The second-order valence-electron chi connectivity index (χ2n) is 3.87. The average Bonchev–Trinajstić information content (AvgIpc) is 2.22. The van der Waals surface area contributed by atoms with Crippen molar-refractivity contribution < 1.29 is 8.78 Å². The molecule has 0 aliphatic heterocycles. The molecule has 0 radical (unpaired) electrons. The number of halogens is 2. The van der Waals surface area contributed by atoms with Gasteiger partial charge in [-0.05, 0) is 48.9 Å². The molecule has 4 heteroatoms. The standard InChI is InChI=1S/C13H12F2N2/c1-8-4-10(15)6-11(5-8)17-13-7-9(14)2-3-12(13)16/h2-7,17H,16H2,1H3. The molecule has 2 aromatic rings. The molecular weight excluding hydrogens is 222 g/mol. The van der Waals surface area contributed by atoms with Crippen LogP contribution in [-0.2, 0) is 0 Å². The van der Waals surface area contributed by atoms with E-state index in [0.29, 0.717) is 17.1 Å². The third-order valence-electron chi connectivity index (χ3n) is 2.34. The van der Waals surface area contributed by atoms with Crippen LogP contribution < -0.4 is 11.1 Å². The molecule has 0 saturated heterocycles. The first-order valence-electron chi connectivity index (χ1n) is 5.14. The maximum Gasteiger partial charge on any atom is 0.125 e. The zero-order valence-electron chi connectivity index (χ0n) is 9.30. The Kier molecular flexibility index (Phi) is 2.95. The highest BCUT2D eigenvalue weighted by molar-refractivity contribution is 5.72. The van der Waals surface area contributed by atoms with Crippen molar-refractivity contribution in [3.8, 4) is 0 Å². The smallest absolute Gasteiger partial charge is 0.125 e. The molecule has 0 saturated carbocycles. The van der Waals surface area contributed by atoms with Crippen molar-refractivity contribution in [1.82, 2.24) is 0 Å². The monoisotopic (exact) mass is 234 g/mol. The Hall–Kier alpha value is -2.10. The number of hydrogen-bond acceptors (Lipinski definition) is 2. The van der Waals surface area contributed by atoms with Crippen molar-refractivity contribution in [2.24, 2.45) is 0 Å². The lowest BCUT2D eigenvalue weighted by atomic mass is 10.2. The minimum absolute atomic E-state index is 0.345. The van der Waals surface area contributed by atoms with Gasteiger partial charge in [0.05, 0.1) is 11.4 Å². The summed E-state index contributed by atoms with van der Waals surface area (Å²) >= 11 is 0. The van der Waals surface area contributed by atoms with Crippen molar-refractivity contribution in [1.29, 1.82) is 0 Å².